The second-order valence-electron chi connectivity index (χ2n) is 11.8. The Balaban J connectivity index is 1.60. The summed E-state index contributed by atoms with van der Waals surface area (Å²) in [4.78, 5) is 44.5. The molecule has 0 saturated heterocycles. The number of halogens is 1. The predicted molar refractivity (Wildman–Crippen MR) is 146 cm³/mol. The van der Waals surface area contributed by atoms with Gasteiger partial charge in [0.1, 0.15) is 12.4 Å². The molecule has 1 aromatic carbocycles. The van der Waals surface area contributed by atoms with E-state index < -0.39 is 17.0 Å². The van der Waals surface area contributed by atoms with Gasteiger partial charge in [-0.3, -0.25) is 9.59 Å². The van der Waals surface area contributed by atoms with E-state index in [0.29, 0.717) is 48.3 Å². The maximum Gasteiger partial charge on any atom is 0.343 e. The van der Waals surface area contributed by atoms with Gasteiger partial charge in [-0.15, -0.1) is 0 Å². The zero-order valence-electron chi connectivity index (χ0n) is 23.1. The van der Waals surface area contributed by atoms with Gasteiger partial charge in [0, 0.05) is 28.0 Å². The molecule has 210 valence electrons. The van der Waals surface area contributed by atoms with Crippen molar-refractivity contribution in [2.75, 3.05) is 6.54 Å². The number of aryl methyl sites for hydroxylation is 1. The number of ether oxygens (including phenoxy) is 1. The Morgan fingerprint density at radius 3 is 2.75 bits per heavy atom. The predicted octanol–water partition coefficient (Wildman–Crippen LogP) is 3.01. The Kier molecular flexibility index (Phi) is 5.94. The number of carbonyl (C=O) groups is 2. The van der Waals surface area contributed by atoms with Crippen molar-refractivity contribution < 1.29 is 23.8 Å². The largest absolute Gasteiger partial charge is 0.458 e. The van der Waals surface area contributed by atoms with Crippen LogP contribution >= 0.6 is 0 Å². The van der Waals surface area contributed by atoms with Crippen molar-refractivity contribution in [3.8, 4) is 11.4 Å². The van der Waals surface area contributed by atoms with Crippen molar-refractivity contribution in [3.05, 3.63) is 61.7 Å². The Hall–Kier alpha value is -3.63. The third-order valence-corrected chi connectivity index (χ3v) is 9.07. The lowest BCUT2D eigenvalue weighted by molar-refractivity contribution is -0.172. The summed E-state index contributed by atoms with van der Waals surface area (Å²) in [5.41, 5.74) is 7.59. The van der Waals surface area contributed by atoms with E-state index in [1.165, 1.54) is 6.07 Å². The Bertz CT molecular complexity index is 1690. The molecule has 10 heteroatoms. The van der Waals surface area contributed by atoms with Gasteiger partial charge in [0.25, 0.3) is 5.56 Å². The van der Waals surface area contributed by atoms with Crippen LogP contribution in [0.25, 0.3) is 22.3 Å². The number of nitrogens with one attached hydrogen (secondary N) is 1. The normalized spacial score (nSPS) is 21.1. The van der Waals surface area contributed by atoms with Crippen LogP contribution in [0.4, 0.5) is 4.39 Å². The number of cyclic esters (lactones) is 1. The van der Waals surface area contributed by atoms with E-state index in [9.17, 15) is 19.5 Å². The van der Waals surface area contributed by atoms with Crippen molar-refractivity contribution in [1.29, 1.82) is 0 Å². The summed E-state index contributed by atoms with van der Waals surface area (Å²) >= 11 is 0. The zero-order valence-corrected chi connectivity index (χ0v) is 23.1. The molecule has 3 aromatic rings. The van der Waals surface area contributed by atoms with Gasteiger partial charge in [-0.25, -0.2) is 14.2 Å². The summed E-state index contributed by atoms with van der Waals surface area (Å²) in [6.07, 6.45) is 1.68. The Morgan fingerprint density at radius 1 is 1.30 bits per heavy atom. The third-order valence-electron chi connectivity index (χ3n) is 9.07. The zero-order chi connectivity index (χ0) is 28.7. The number of benzene rings is 1. The van der Waals surface area contributed by atoms with Gasteiger partial charge in [-0.2, -0.15) is 0 Å². The molecule has 9 nitrogen and oxygen atoms in total. The molecule has 2 atom stereocenters. The van der Waals surface area contributed by atoms with Gasteiger partial charge in [-0.05, 0) is 61.9 Å². The smallest absolute Gasteiger partial charge is 0.343 e. The molecule has 40 heavy (non-hydrogen) atoms. The summed E-state index contributed by atoms with van der Waals surface area (Å²) < 4.78 is 21.8. The van der Waals surface area contributed by atoms with E-state index in [-0.39, 0.29) is 54.0 Å². The van der Waals surface area contributed by atoms with E-state index in [1.807, 2.05) is 13.8 Å². The number of aromatic nitrogens is 2. The number of carbonyl (C=O) groups excluding carboxylic acids is 2. The summed E-state index contributed by atoms with van der Waals surface area (Å²) in [7, 11) is 0. The standard InChI is InChI=1S/C30H33FN4O5/c1-5-30(39)18-10-22-25-16(12-35(22)26(36)17(18)13-40-28(30)38)24-20(34-27(37)29(3,4)8-9-32)7-6-15-14(2)19(31)11-21(33-25)23(15)24/h10-11,20,39H,5-9,12-13,32H2,1-4H3,(H,34,37)/t20-,30-/m0/s1. The molecule has 0 spiro atoms. The first-order valence-electron chi connectivity index (χ1n) is 13.8. The van der Waals surface area contributed by atoms with Crippen molar-refractivity contribution in [2.45, 2.75) is 78.2 Å². The minimum Gasteiger partial charge on any atom is -0.458 e. The van der Waals surface area contributed by atoms with Crippen molar-refractivity contribution in [3.63, 3.8) is 0 Å². The number of fused-ring (bicyclic) bond motifs is 5. The molecule has 4 heterocycles. The topological polar surface area (TPSA) is 137 Å². The highest BCUT2D eigenvalue weighted by Gasteiger charge is 2.46. The summed E-state index contributed by atoms with van der Waals surface area (Å²) in [6.45, 7) is 7.46. The lowest BCUT2D eigenvalue weighted by Gasteiger charge is -2.32. The minimum atomic E-state index is -1.95. The SMILES string of the molecule is CC[C@@]1(O)C(=O)OCc2c1cc1n(c2=O)Cc2c-1nc1cc(F)c(C)c3c1c2[C@@H](NC(=O)C(C)(C)CCN)CC3. The molecule has 6 rings (SSSR count). The van der Waals surface area contributed by atoms with Crippen LogP contribution in [0.1, 0.15) is 79.5 Å². The van der Waals surface area contributed by atoms with Crippen LogP contribution in [0.2, 0.25) is 0 Å². The molecule has 0 fully saturated rings. The van der Waals surface area contributed by atoms with E-state index in [0.717, 1.165) is 22.1 Å². The second-order valence-corrected chi connectivity index (χ2v) is 11.8. The molecule has 0 bridgehead atoms. The number of pyridine rings is 2. The first kappa shape index (κ1) is 26.6. The van der Waals surface area contributed by atoms with E-state index >= 15 is 4.39 Å². The minimum absolute atomic E-state index is 0.0333. The van der Waals surface area contributed by atoms with Crippen LogP contribution in [-0.2, 0) is 39.5 Å². The summed E-state index contributed by atoms with van der Waals surface area (Å²) in [5.74, 6) is -1.29. The number of nitrogens with two attached hydrogens (primary N) is 1. The molecule has 4 N–H and O–H groups in total. The number of hydrogen-bond acceptors (Lipinski definition) is 7. The Morgan fingerprint density at radius 2 is 2.05 bits per heavy atom. The fraction of sp³-hybridized carbons (Fsp3) is 0.467. The average Bonchev–Trinajstić information content (AvgIpc) is 3.28. The van der Waals surface area contributed by atoms with Crippen molar-refractivity contribution in [2.24, 2.45) is 11.1 Å². The average molecular weight is 549 g/mol. The molecule has 2 aromatic heterocycles. The highest BCUT2D eigenvalue weighted by Crippen LogP contribution is 2.46. The molecule has 0 radical (unpaired) electrons. The van der Waals surface area contributed by atoms with Gasteiger partial charge in [-0.1, -0.05) is 20.8 Å². The monoisotopic (exact) mass is 548 g/mol. The molecule has 0 unspecified atom stereocenters. The van der Waals surface area contributed by atoms with Gasteiger partial charge in [0.2, 0.25) is 5.91 Å². The number of rotatable bonds is 5. The lowest BCUT2D eigenvalue weighted by atomic mass is 9.80. The summed E-state index contributed by atoms with van der Waals surface area (Å²) in [5, 5.41) is 15.2. The molecular weight excluding hydrogens is 515 g/mol. The molecule has 3 aliphatic rings. The Labute approximate surface area is 230 Å². The first-order valence-corrected chi connectivity index (χ1v) is 13.8. The first-order chi connectivity index (χ1) is 18.9. The van der Waals surface area contributed by atoms with Crippen LogP contribution in [0.15, 0.2) is 16.9 Å². The highest BCUT2D eigenvalue weighted by atomic mass is 19.1. The van der Waals surface area contributed by atoms with E-state index in [4.69, 9.17) is 15.5 Å². The number of esters is 1. The lowest BCUT2D eigenvalue weighted by Crippen LogP contribution is -2.44. The fourth-order valence-corrected chi connectivity index (χ4v) is 6.53. The molecular formula is C30H33FN4O5. The van der Waals surface area contributed by atoms with Crippen LogP contribution in [0.5, 0.6) is 0 Å². The van der Waals surface area contributed by atoms with Gasteiger partial charge >= 0.3 is 5.97 Å². The highest BCUT2D eigenvalue weighted by molar-refractivity contribution is 5.94. The molecule has 2 aliphatic heterocycles. The number of aliphatic hydroxyl groups is 1. The van der Waals surface area contributed by atoms with Crippen LogP contribution in [0.3, 0.4) is 0 Å². The van der Waals surface area contributed by atoms with Gasteiger partial charge in [0.15, 0.2) is 5.60 Å². The molecule has 1 amide bonds. The van der Waals surface area contributed by atoms with Crippen LogP contribution < -0.4 is 16.6 Å². The van der Waals surface area contributed by atoms with E-state index in [1.54, 1.807) is 24.5 Å². The number of amides is 1. The van der Waals surface area contributed by atoms with Gasteiger partial charge < -0.3 is 25.5 Å². The second kappa shape index (κ2) is 8.94. The van der Waals surface area contributed by atoms with Gasteiger partial charge in [0.05, 0.1) is 35.1 Å². The quantitative estimate of drug-likeness (QED) is 0.326. The number of hydrogen-bond donors (Lipinski definition) is 3. The summed E-state index contributed by atoms with van der Waals surface area (Å²) in [6, 6.07) is 2.67. The van der Waals surface area contributed by atoms with Crippen LogP contribution in [0, 0.1) is 18.2 Å². The maximum absolute atomic E-state index is 15.1. The van der Waals surface area contributed by atoms with E-state index in [2.05, 4.69) is 5.32 Å². The fourth-order valence-electron chi connectivity index (χ4n) is 6.53. The molecule has 0 saturated carbocycles. The van der Waals surface area contributed by atoms with Crippen molar-refractivity contribution in [1.82, 2.24) is 14.9 Å². The van der Waals surface area contributed by atoms with Crippen molar-refractivity contribution >= 4 is 22.8 Å². The third kappa shape index (κ3) is 3.58. The van der Waals surface area contributed by atoms with Crippen LogP contribution in [-0.4, -0.2) is 33.1 Å². The molecule has 1 aliphatic carbocycles. The maximum atomic E-state index is 15.1. The number of nitrogens with zero attached hydrogens (tertiary/aromatic N) is 2.